The molecule has 0 unspecified atom stereocenters. The number of hydrogen-bond acceptors (Lipinski definition) is 2. The minimum atomic E-state index is -0.314. The molecular formula is C23H29FO2. The van der Waals surface area contributed by atoms with Crippen LogP contribution in [-0.4, -0.2) is 12.6 Å². The molecule has 0 fully saturated rings. The molecule has 2 aromatic carbocycles. The second-order valence-corrected chi connectivity index (χ2v) is 6.69. The van der Waals surface area contributed by atoms with Gasteiger partial charge in [-0.15, -0.1) is 0 Å². The van der Waals surface area contributed by atoms with E-state index in [2.05, 4.69) is 13.8 Å². The molecule has 0 radical (unpaired) electrons. The Bertz CT molecular complexity index is 692. The number of carbonyl (C=O) groups is 1. The Kier molecular flexibility index (Phi) is 8.33. The van der Waals surface area contributed by atoms with Gasteiger partial charge in [0.25, 0.3) is 0 Å². The SMILES string of the molecule is CCCCCCCOC(=O)c1ccc(-c2ccc(CCC)cc2F)cc1. The molecule has 26 heavy (non-hydrogen) atoms. The van der Waals surface area contributed by atoms with Crippen LogP contribution < -0.4 is 0 Å². The van der Waals surface area contributed by atoms with E-state index in [1.54, 1.807) is 30.3 Å². The molecule has 2 rings (SSSR count). The van der Waals surface area contributed by atoms with Crippen LogP contribution in [0.15, 0.2) is 42.5 Å². The minimum absolute atomic E-state index is 0.224. The van der Waals surface area contributed by atoms with Crippen LogP contribution in [0.4, 0.5) is 4.39 Å². The maximum atomic E-state index is 14.3. The van der Waals surface area contributed by atoms with Crippen LogP contribution in [0, 0.1) is 5.82 Å². The van der Waals surface area contributed by atoms with Crippen molar-refractivity contribution in [3.05, 3.63) is 59.4 Å². The lowest BCUT2D eigenvalue weighted by Gasteiger charge is -2.08. The number of hydrogen-bond donors (Lipinski definition) is 0. The van der Waals surface area contributed by atoms with Crippen LogP contribution in [0.3, 0.4) is 0 Å². The standard InChI is InChI=1S/C23H29FO2/c1-3-5-6-7-8-16-26-23(25)20-13-11-19(12-14-20)21-15-10-18(9-4-2)17-22(21)24/h10-15,17H,3-9,16H2,1-2H3. The zero-order valence-corrected chi connectivity index (χ0v) is 15.9. The average molecular weight is 356 g/mol. The first kappa shape index (κ1) is 20.2. The predicted molar refractivity (Wildman–Crippen MR) is 105 cm³/mol. The molecule has 0 aromatic heterocycles. The van der Waals surface area contributed by atoms with E-state index in [1.165, 1.54) is 19.3 Å². The summed E-state index contributed by atoms with van der Waals surface area (Å²) < 4.78 is 19.6. The lowest BCUT2D eigenvalue weighted by molar-refractivity contribution is 0.0497. The second-order valence-electron chi connectivity index (χ2n) is 6.69. The molecule has 0 amide bonds. The van der Waals surface area contributed by atoms with Crippen molar-refractivity contribution in [2.45, 2.75) is 58.8 Å². The van der Waals surface area contributed by atoms with Crippen LogP contribution in [0.5, 0.6) is 0 Å². The largest absolute Gasteiger partial charge is 0.462 e. The van der Waals surface area contributed by atoms with Crippen molar-refractivity contribution in [2.24, 2.45) is 0 Å². The summed E-state index contributed by atoms with van der Waals surface area (Å²) in [5.41, 5.74) is 2.83. The summed E-state index contributed by atoms with van der Waals surface area (Å²) in [5.74, 6) is -0.538. The fourth-order valence-electron chi connectivity index (χ4n) is 2.98. The van der Waals surface area contributed by atoms with Crippen molar-refractivity contribution >= 4 is 5.97 Å². The molecule has 0 spiro atoms. The van der Waals surface area contributed by atoms with E-state index in [-0.39, 0.29) is 11.8 Å². The first-order chi connectivity index (χ1) is 12.7. The van der Waals surface area contributed by atoms with E-state index in [0.717, 1.165) is 36.8 Å². The van der Waals surface area contributed by atoms with Gasteiger partial charge < -0.3 is 4.74 Å². The topological polar surface area (TPSA) is 26.3 Å². The van der Waals surface area contributed by atoms with Gasteiger partial charge in [-0.1, -0.05) is 70.2 Å². The van der Waals surface area contributed by atoms with Crippen LogP contribution >= 0.6 is 0 Å². The van der Waals surface area contributed by atoms with Crippen molar-refractivity contribution in [3.63, 3.8) is 0 Å². The van der Waals surface area contributed by atoms with E-state index in [4.69, 9.17) is 4.74 Å². The molecule has 2 nitrogen and oxygen atoms in total. The molecule has 140 valence electrons. The molecule has 0 N–H and O–H groups in total. The number of esters is 1. The second kappa shape index (κ2) is 10.7. The van der Waals surface area contributed by atoms with Gasteiger partial charge in [-0.25, -0.2) is 9.18 Å². The van der Waals surface area contributed by atoms with Crippen molar-refractivity contribution in [2.75, 3.05) is 6.61 Å². The zero-order valence-electron chi connectivity index (χ0n) is 15.9. The Morgan fingerprint density at radius 2 is 1.65 bits per heavy atom. The maximum absolute atomic E-state index is 14.3. The van der Waals surface area contributed by atoms with Gasteiger partial charge in [-0.3, -0.25) is 0 Å². The van der Waals surface area contributed by atoms with Crippen LogP contribution in [0.25, 0.3) is 11.1 Å². The molecule has 0 saturated carbocycles. The van der Waals surface area contributed by atoms with Gasteiger partial charge in [0.15, 0.2) is 0 Å². The normalized spacial score (nSPS) is 10.7. The third-order valence-corrected chi connectivity index (χ3v) is 4.48. The van der Waals surface area contributed by atoms with Crippen LogP contribution in [0.2, 0.25) is 0 Å². The number of rotatable bonds is 10. The summed E-state index contributed by atoms with van der Waals surface area (Å²) in [7, 11) is 0. The van der Waals surface area contributed by atoms with Crippen molar-refractivity contribution in [3.8, 4) is 11.1 Å². The molecule has 0 heterocycles. The first-order valence-electron chi connectivity index (χ1n) is 9.71. The molecule has 0 aliphatic rings. The van der Waals surface area contributed by atoms with E-state index < -0.39 is 0 Å². The fourth-order valence-corrected chi connectivity index (χ4v) is 2.98. The maximum Gasteiger partial charge on any atom is 0.338 e. The Balaban J connectivity index is 1.92. The molecule has 3 heteroatoms. The number of halogens is 1. The lowest BCUT2D eigenvalue weighted by Crippen LogP contribution is -2.06. The van der Waals surface area contributed by atoms with Gasteiger partial charge in [0.2, 0.25) is 0 Å². The fraction of sp³-hybridized carbons (Fsp3) is 0.435. The summed E-state index contributed by atoms with van der Waals surface area (Å²) in [6.45, 7) is 4.71. The Hall–Kier alpha value is -2.16. The van der Waals surface area contributed by atoms with Gasteiger partial charge in [0.1, 0.15) is 5.82 Å². The summed E-state index contributed by atoms with van der Waals surface area (Å²) in [6, 6.07) is 12.3. The first-order valence-corrected chi connectivity index (χ1v) is 9.71. The minimum Gasteiger partial charge on any atom is -0.462 e. The molecule has 2 aromatic rings. The number of ether oxygens (including phenoxy) is 1. The molecule has 0 aliphatic carbocycles. The third kappa shape index (κ3) is 5.98. The van der Waals surface area contributed by atoms with Crippen molar-refractivity contribution < 1.29 is 13.9 Å². The molecular weight excluding hydrogens is 327 g/mol. The Labute approximate surface area is 156 Å². The highest BCUT2D eigenvalue weighted by atomic mass is 19.1. The highest BCUT2D eigenvalue weighted by Crippen LogP contribution is 2.24. The quantitative estimate of drug-likeness (QED) is 0.355. The molecule has 0 bridgehead atoms. The van der Waals surface area contributed by atoms with E-state index in [1.807, 2.05) is 12.1 Å². The Morgan fingerprint density at radius 3 is 2.31 bits per heavy atom. The summed E-state index contributed by atoms with van der Waals surface area (Å²) in [5, 5.41) is 0. The molecule has 0 saturated heterocycles. The number of carbonyl (C=O) groups excluding carboxylic acids is 1. The zero-order chi connectivity index (χ0) is 18.8. The highest BCUT2D eigenvalue weighted by Gasteiger charge is 2.10. The highest BCUT2D eigenvalue weighted by molar-refractivity contribution is 5.90. The van der Waals surface area contributed by atoms with E-state index >= 15 is 0 Å². The predicted octanol–water partition coefficient (Wildman–Crippen LogP) is 6.57. The number of unbranched alkanes of at least 4 members (excludes halogenated alkanes) is 4. The summed E-state index contributed by atoms with van der Waals surface area (Å²) in [4.78, 5) is 12.1. The van der Waals surface area contributed by atoms with E-state index in [9.17, 15) is 9.18 Å². The van der Waals surface area contributed by atoms with Gasteiger partial charge in [-0.05, 0) is 42.2 Å². The number of benzene rings is 2. The van der Waals surface area contributed by atoms with Gasteiger partial charge in [0, 0.05) is 5.56 Å². The Morgan fingerprint density at radius 1 is 0.923 bits per heavy atom. The summed E-state index contributed by atoms with van der Waals surface area (Å²) in [6.07, 6.45) is 7.48. The monoisotopic (exact) mass is 356 g/mol. The van der Waals surface area contributed by atoms with Gasteiger partial charge in [-0.2, -0.15) is 0 Å². The molecule has 0 atom stereocenters. The average Bonchev–Trinajstić information content (AvgIpc) is 2.65. The van der Waals surface area contributed by atoms with Crippen LogP contribution in [-0.2, 0) is 11.2 Å². The van der Waals surface area contributed by atoms with Gasteiger partial charge >= 0.3 is 5.97 Å². The lowest BCUT2D eigenvalue weighted by atomic mass is 10.0. The van der Waals surface area contributed by atoms with Crippen LogP contribution in [0.1, 0.15) is 68.3 Å². The third-order valence-electron chi connectivity index (χ3n) is 4.48. The number of aryl methyl sites for hydroxylation is 1. The van der Waals surface area contributed by atoms with Crippen molar-refractivity contribution in [1.82, 2.24) is 0 Å². The smallest absolute Gasteiger partial charge is 0.338 e. The van der Waals surface area contributed by atoms with E-state index in [0.29, 0.717) is 17.7 Å². The van der Waals surface area contributed by atoms with Crippen molar-refractivity contribution in [1.29, 1.82) is 0 Å². The molecule has 0 aliphatic heterocycles. The summed E-state index contributed by atoms with van der Waals surface area (Å²) >= 11 is 0. The van der Waals surface area contributed by atoms with Gasteiger partial charge in [0.05, 0.1) is 12.2 Å².